The second-order valence-electron chi connectivity index (χ2n) is 5.77. The van der Waals surface area contributed by atoms with Crippen LogP contribution in [0.1, 0.15) is 21.5 Å². The van der Waals surface area contributed by atoms with Crippen molar-refractivity contribution >= 4 is 35.4 Å². The Balaban J connectivity index is 1.92. The van der Waals surface area contributed by atoms with Crippen LogP contribution in [0.25, 0.3) is 6.08 Å². The molecule has 0 fully saturated rings. The molecule has 140 valence electrons. The van der Waals surface area contributed by atoms with Crippen LogP contribution in [0.15, 0.2) is 52.3 Å². The number of carbonyl (C=O) groups is 2. The first kappa shape index (κ1) is 19.0. The van der Waals surface area contributed by atoms with Gasteiger partial charge in [-0.1, -0.05) is 23.9 Å². The number of nitrogens with zero attached hydrogens (tertiary/aromatic N) is 1. The Morgan fingerprint density at radius 1 is 1.15 bits per heavy atom. The highest BCUT2D eigenvalue weighted by Gasteiger charge is 2.30. The summed E-state index contributed by atoms with van der Waals surface area (Å²) in [6, 6.07) is 9.46. The number of alkyl halides is 3. The maximum absolute atomic E-state index is 12.7. The molecule has 1 aliphatic heterocycles. The van der Waals surface area contributed by atoms with E-state index in [4.69, 9.17) is 0 Å². The van der Waals surface area contributed by atoms with Gasteiger partial charge in [0.15, 0.2) is 0 Å². The second kappa shape index (κ2) is 7.11. The lowest BCUT2D eigenvalue weighted by molar-refractivity contribution is -0.137. The van der Waals surface area contributed by atoms with Crippen LogP contribution >= 0.6 is 11.8 Å². The minimum Gasteiger partial charge on any atom is -0.465 e. The van der Waals surface area contributed by atoms with Gasteiger partial charge < -0.3 is 9.64 Å². The van der Waals surface area contributed by atoms with E-state index in [1.807, 2.05) is 0 Å². The zero-order valence-electron chi connectivity index (χ0n) is 14.3. The molecule has 0 radical (unpaired) electrons. The predicted molar refractivity (Wildman–Crippen MR) is 96.5 cm³/mol. The van der Waals surface area contributed by atoms with Gasteiger partial charge in [0, 0.05) is 11.9 Å². The number of hydrogen-bond acceptors (Lipinski definition) is 4. The third-order valence-electron chi connectivity index (χ3n) is 4.01. The Kier molecular flexibility index (Phi) is 5.01. The molecule has 1 aliphatic rings. The molecule has 1 heterocycles. The van der Waals surface area contributed by atoms with E-state index in [-0.39, 0.29) is 5.91 Å². The summed E-state index contributed by atoms with van der Waals surface area (Å²) in [5.41, 5.74) is 0.635. The molecule has 27 heavy (non-hydrogen) atoms. The second-order valence-corrected chi connectivity index (χ2v) is 6.85. The Morgan fingerprint density at radius 2 is 1.81 bits per heavy atom. The van der Waals surface area contributed by atoms with E-state index in [0.717, 1.165) is 17.0 Å². The van der Waals surface area contributed by atoms with E-state index in [1.165, 1.54) is 35.9 Å². The SMILES string of the molecule is COC(=O)c1ccc2c(c1)N(C)C(=O)/C(=C/c1ccc(C(F)(F)F)cc1)S2. The number of ether oxygens (including phenoxy) is 1. The quantitative estimate of drug-likeness (QED) is 0.553. The first-order valence-electron chi connectivity index (χ1n) is 7.78. The van der Waals surface area contributed by atoms with Crippen LogP contribution in [-0.2, 0) is 15.7 Å². The number of benzene rings is 2. The summed E-state index contributed by atoms with van der Waals surface area (Å²) in [4.78, 5) is 26.8. The fourth-order valence-corrected chi connectivity index (χ4v) is 3.65. The molecule has 0 spiro atoms. The number of anilines is 1. The minimum atomic E-state index is -4.41. The summed E-state index contributed by atoms with van der Waals surface area (Å²) in [6.07, 6.45) is -2.86. The van der Waals surface area contributed by atoms with Crippen LogP contribution in [0.4, 0.5) is 18.9 Å². The molecular weight excluding hydrogens is 379 g/mol. The van der Waals surface area contributed by atoms with Gasteiger partial charge in [0.25, 0.3) is 5.91 Å². The third-order valence-corrected chi connectivity index (χ3v) is 5.09. The van der Waals surface area contributed by atoms with Crippen LogP contribution in [0.5, 0.6) is 0 Å². The third kappa shape index (κ3) is 3.85. The van der Waals surface area contributed by atoms with Crippen molar-refractivity contribution in [2.75, 3.05) is 19.1 Å². The number of thioether (sulfide) groups is 1. The highest BCUT2D eigenvalue weighted by Crippen LogP contribution is 2.42. The molecule has 0 saturated carbocycles. The number of rotatable bonds is 2. The molecule has 0 aliphatic carbocycles. The molecule has 0 atom stereocenters. The van der Waals surface area contributed by atoms with Crippen molar-refractivity contribution in [3.05, 3.63) is 64.1 Å². The molecular formula is C19H14F3NO3S. The van der Waals surface area contributed by atoms with Crippen molar-refractivity contribution in [1.29, 1.82) is 0 Å². The maximum Gasteiger partial charge on any atom is 0.416 e. The lowest BCUT2D eigenvalue weighted by atomic mass is 10.1. The fourth-order valence-electron chi connectivity index (χ4n) is 2.56. The zero-order chi connectivity index (χ0) is 19.8. The number of likely N-dealkylation sites (N-methyl/N-ethyl adjacent to an activating group) is 1. The van der Waals surface area contributed by atoms with Crippen LogP contribution < -0.4 is 4.90 Å². The lowest BCUT2D eigenvalue weighted by Crippen LogP contribution is -2.30. The van der Waals surface area contributed by atoms with E-state index in [1.54, 1.807) is 31.3 Å². The van der Waals surface area contributed by atoms with Crippen molar-refractivity contribution in [3.63, 3.8) is 0 Å². The summed E-state index contributed by atoms with van der Waals surface area (Å²) in [6.45, 7) is 0. The van der Waals surface area contributed by atoms with E-state index in [9.17, 15) is 22.8 Å². The Bertz CT molecular complexity index is 936. The predicted octanol–water partition coefficient (Wildman–Crippen LogP) is 4.60. The number of halogens is 3. The molecule has 0 unspecified atom stereocenters. The number of amides is 1. The molecule has 2 aromatic carbocycles. The van der Waals surface area contributed by atoms with Crippen molar-refractivity contribution < 1.29 is 27.5 Å². The van der Waals surface area contributed by atoms with Gasteiger partial charge >= 0.3 is 12.1 Å². The molecule has 3 rings (SSSR count). The highest BCUT2D eigenvalue weighted by molar-refractivity contribution is 8.04. The summed E-state index contributed by atoms with van der Waals surface area (Å²) in [5.74, 6) is -0.816. The van der Waals surface area contributed by atoms with Crippen LogP contribution in [-0.4, -0.2) is 26.0 Å². The molecule has 0 aromatic heterocycles. The number of methoxy groups -OCH3 is 1. The average Bonchev–Trinajstić information content (AvgIpc) is 2.64. The van der Waals surface area contributed by atoms with Gasteiger partial charge in [0.2, 0.25) is 0 Å². The summed E-state index contributed by atoms with van der Waals surface area (Å²) in [5, 5.41) is 0. The van der Waals surface area contributed by atoms with Gasteiger partial charge in [-0.05, 0) is 42.0 Å². The molecule has 1 amide bonds. The Morgan fingerprint density at radius 3 is 2.41 bits per heavy atom. The fraction of sp³-hybridized carbons (Fsp3) is 0.158. The standard InChI is InChI=1S/C19H14F3NO3S/c1-23-14-10-12(18(25)26-2)5-8-15(14)27-16(17(23)24)9-11-3-6-13(7-4-11)19(20,21)22/h3-10H,1-2H3/b16-9-. The summed E-state index contributed by atoms with van der Waals surface area (Å²) < 4.78 is 42.7. The van der Waals surface area contributed by atoms with Crippen molar-refractivity contribution in [2.45, 2.75) is 11.1 Å². The first-order chi connectivity index (χ1) is 12.7. The molecule has 0 N–H and O–H groups in total. The smallest absolute Gasteiger partial charge is 0.416 e. The van der Waals surface area contributed by atoms with Crippen LogP contribution in [0.3, 0.4) is 0 Å². The van der Waals surface area contributed by atoms with E-state index < -0.39 is 17.7 Å². The molecule has 0 bridgehead atoms. The number of hydrogen-bond donors (Lipinski definition) is 0. The largest absolute Gasteiger partial charge is 0.465 e. The minimum absolute atomic E-state index is 0.311. The van der Waals surface area contributed by atoms with Gasteiger partial charge in [0.05, 0.1) is 28.8 Å². The van der Waals surface area contributed by atoms with Gasteiger partial charge in [-0.2, -0.15) is 13.2 Å². The van der Waals surface area contributed by atoms with Gasteiger partial charge in [0.1, 0.15) is 0 Å². The van der Waals surface area contributed by atoms with Crippen molar-refractivity contribution in [1.82, 2.24) is 0 Å². The van der Waals surface area contributed by atoms with E-state index in [2.05, 4.69) is 4.74 Å². The van der Waals surface area contributed by atoms with Crippen LogP contribution in [0, 0.1) is 0 Å². The topological polar surface area (TPSA) is 46.6 Å². The average molecular weight is 393 g/mol. The normalized spacial score (nSPS) is 15.7. The van der Waals surface area contributed by atoms with Gasteiger partial charge in [-0.15, -0.1) is 0 Å². The number of fused-ring (bicyclic) bond motifs is 1. The van der Waals surface area contributed by atoms with E-state index in [0.29, 0.717) is 21.7 Å². The first-order valence-corrected chi connectivity index (χ1v) is 8.59. The maximum atomic E-state index is 12.7. The highest BCUT2D eigenvalue weighted by atomic mass is 32.2. The summed E-state index contributed by atoms with van der Waals surface area (Å²) in [7, 11) is 2.85. The molecule has 0 saturated heterocycles. The molecule has 8 heteroatoms. The molecule has 4 nitrogen and oxygen atoms in total. The monoisotopic (exact) mass is 393 g/mol. The number of carbonyl (C=O) groups excluding carboxylic acids is 2. The van der Waals surface area contributed by atoms with Gasteiger partial charge in [-0.3, -0.25) is 4.79 Å². The van der Waals surface area contributed by atoms with Crippen molar-refractivity contribution in [3.8, 4) is 0 Å². The van der Waals surface area contributed by atoms with Gasteiger partial charge in [-0.25, -0.2) is 4.79 Å². The molecule has 2 aromatic rings. The summed E-state index contributed by atoms with van der Waals surface area (Å²) >= 11 is 1.20. The van der Waals surface area contributed by atoms with E-state index >= 15 is 0 Å². The Hall–Kier alpha value is -2.74. The lowest BCUT2D eigenvalue weighted by Gasteiger charge is -2.27. The Labute approximate surface area is 157 Å². The number of esters is 1. The van der Waals surface area contributed by atoms with Crippen LogP contribution in [0.2, 0.25) is 0 Å². The zero-order valence-corrected chi connectivity index (χ0v) is 15.1. The van der Waals surface area contributed by atoms with Crippen molar-refractivity contribution in [2.24, 2.45) is 0 Å².